The third-order valence-electron chi connectivity index (χ3n) is 5.16. The molecule has 1 aromatic heterocycles. The highest BCUT2D eigenvalue weighted by Gasteiger charge is 2.31. The van der Waals surface area contributed by atoms with Gasteiger partial charge in [-0.2, -0.15) is 0 Å². The Labute approximate surface area is 143 Å². The Morgan fingerprint density at radius 3 is 2.42 bits per heavy atom. The number of amides is 2. The highest BCUT2D eigenvalue weighted by molar-refractivity contribution is 5.81. The second kappa shape index (κ2) is 7.73. The van der Waals surface area contributed by atoms with Crippen molar-refractivity contribution in [2.24, 2.45) is 11.8 Å². The van der Waals surface area contributed by atoms with E-state index >= 15 is 0 Å². The van der Waals surface area contributed by atoms with E-state index < -0.39 is 0 Å². The largest absolute Gasteiger partial charge is 0.350 e. The monoisotopic (exact) mass is 330 g/mol. The number of aromatic nitrogens is 2. The van der Waals surface area contributed by atoms with Gasteiger partial charge in [0.1, 0.15) is 0 Å². The maximum Gasteiger partial charge on any atom is 0.225 e. The van der Waals surface area contributed by atoms with Gasteiger partial charge >= 0.3 is 0 Å². The Bertz CT molecular complexity index is 573. The van der Waals surface area contributed by atoms with Gasteiger partial charge in [-0.05, 0) is 32.6 Å². The normalized spacial score (nSPS) is 19.5. The van der Waals surface area contributed by atoms with Crippen molar-refractivity contribution in [2.45, 2.75) is 52.0 Å². The van der Waals surface area contributed by atoms with E-state index in [2.05, 4.69) is 15.3 Å². The number of carbonyl (C=O) groups excluding carboxylic acids is 2. The number of hydrogen-bond donors (Lipinski definition) is 1. The summed E-state index contributed by atoms with van der Waals surface area (Å²) >= 11 is 0. The van der Waals surface area contributed by atoms with Crippen LogP contribution in [0, 0.1) is 18.8 Å². The second-order valence-electron chi connectivity index (χ2n) is 6.95. The zero-order valence-electron chi connectivity index (χ0n) is 14.3. The van der Waals surface area contributed by atoms with Crippen LogP contribution in [0.1, 0.15) is 49.9 Å². The molecule has 1 N–H and O–H groups in total. The minimum absolute atomic E-state index is 0.00367. The van der Waals surface area contributed by atoms with Gasteiger partial charge < -0.3 is 10.2 Å². The molecule has 1 saturated carbocycles. The number of likely N-dealkylation sites (tertiary alicyclic amines) is 1. The molecule has 2 amide bonds. The van der Waals surface area contributed by atoms with Crippen molar-refractivity contribution < 1.29 is 9.59 Å². The van der Waals surface area contributed by atoms with Gasteiger partial charge in [0, 0.05) is 31.1 Å². The van der Waals surface area contributed by atoms with Crippen LogP contribution in [0.2, 0.25) is 0 Å². The van der Waals surface area contributed by atoms with Gasteiger partial charge in [0.25, 0.3) is 0 Å². The Hall–Kier alpha value is -1.98. The molecule has 2 fully saturated rings. The van der Waals surface area contributed by atoms with Crippen LogP contribution in [0.15, 0.2) is 12.4 Å². The van der Waals surface area contributed by atoms with Gasteiger partial charge in [-0.25, -0.2) is 0 Å². The summed E-state index contributed by atoms with van der Waals surface area (Å²) in [6.45, 7) is 3.71. The average molecular weight is 330 g/mol. The molecule has 0 radical (unpaired) electrons. The molecule has 6 nitrogen and oxygen atoms in total. The first-order chi connectivity index (χ1) is 11.6. The van der Waals surface area contributed by atoms with E-state index in [4.69, 9.17) is 0 Å². The van der Waals surface area contributed by atoms with E-state index in [0.717, 1.165) is 37.1 Å². The zero-order chi connectivity index (χ0) is 16.9. The minimum Gasteiger partial charge on any atom is -0.350 e. The second-order valence-corrected chi connectivity index (χ2v) is 6.95. The van der Waals surface area contributed by atoms with E-state index in [0.29, 0.717) is 25.5 Å². The van der Waals surface area contributed by atoms with Crippen molar-refractivity contribution >= 4 is 11.8 Å². The van der Waals surface area contributed by atoms with Crippen molar-refractivity contribution in [3.63, 3.8) is 0 Å². The lowest BCUT2D eigenvalue weighted by Crippen LogP contribution is -2.44. The highest BCUT2D eigenvalue weighted by atomic mass is 16.2. The van der Waals surface area contributed by atoms with Crippen LogP contribution in [-0.2, 0) is 16.1 Å². The molecule has 1 aliphatic heterocycles. The smallest absolute Gasteiger partial charge is 0.225 e. The predicted molar refractivity (Wildman–Crippen MR) is 89.9 cm³/mol. The summed E-state index contributed by atoms with van der Waals surface area (Å²) < 4.78 is 0. The molecule has 1 saturated heterocycles. The minimum atomic E-state index is -0.00367. The zero-order valence-corrected chi connectivity index (χ0v) is 14.3. The maximum atomic E-state index is 12.4. The van der Waals surface area contributed by atoms with Crippen LogP contribution < -0.4 is 5.32 Å². The molecular formula is C18H26N4O2. The fraction of sp³-hybridized carbons (Fsp3) is 0.667. The predicted octanol–water partition coefficient (Wildman–Crippen LogP) is 1.83. The first kappa shape index (κ1) is 16.9. The lowest BCUT2D eigenvalue weighted by atomic mass is 9.94. The number of aryl methyl sites for hydroxylation is 1. The fourth-order valence-electron chi connectivity index (χ4n) is 3.63. The molecule has 6 heteroatoms. The third kappa shape index (κ3) is 4.10. The summed E-state index contributed by atoms with van der Waals surface area (Å²) in [5, 5.41) is 2.94. The van der Waals surface area contributed by atoms with E-state index in [-0.39, 0.29) is 17.7 Å². The van der Waals surface area contributed by atoms with Crippen molar-refractivity contribution in [3.05, 3.63) is 23.8 Å². The van der Waals surface area contributed by atoms with Crippen LogP contribution in [0.5, 0.6) is 0 Å². The quantitative estimate of drug-likeness (QED) is 0.914. The van der Waals surface area contributed by atoms with Crippen molar-refractivity contribution in [3.8, 4) is 0 Å². The molecule has 0 aromatic carbocycles. The third-order valence-corrected chi connectivity index (χ3v) is 5.16. The Balaban J connectivity index is 1.43. The van der Waals surface area contributed by atoms with Crippen LogP contribution >= 0.6 is 0 Å². The van der Waals surface area contributed by atoms with Crippen LogP contribution in [0.25, 0.3) is 0 Å². The summed E-state index contributed by atoms with van der Waals surface area (Å²) in [7, 11) is 0. The Morgan fingerprint density at radius 2 is 1.79 bits per heavy atom. The van der Waals surface area contributed by atoms with Crippen molar-refractivity contribution in [2.75, 3.05) is 13.1 Å². The summed E-state index contributed by atoms with van der Waals surface area (Å²) in [4.78, 5) is 35.1. The van der Waals surface area contributed by atoms with E-state index in [9.17, 15) is 9.59 Å². The average Bonchev–Trinajstić information content (AvgIpc) is 3.15. The van der Waals surface area contributed by atoms with Crippen molar-refractivity contribution in [1.82, 2.24) is 20.2 Å². The molecule has 0 atom stereocenters. The number of carbonyl (C=O) groups is 2. The number of rotatable bonds is 4. The molecular weight excluding hydrogens is 304 g/mol. The topological polar surface area (TPSA) is 75.2 Å². The summed E-state index contributed by atoms with van der Waals surface area (Å²) in [6, 6.07) is 0. The number of hydrogen-bond acceptors (Lipinski definition) is 4. The molecule has 1 aromatic rings. The molecule has 24 heavy (non-hydrogen) atoms. The maximum absolute atomic E-state index is 12.4. The van der Waals surface area contributed by atoms with E-state index in [1.54, 1.807) is 12.4 Å². The molecule has 0 spiro atoms. The molecule has 2 heterocycles. The molecule has 3 rings (SSSR count). The van der Waals surface area contributed by atoms with Crippen LogP contribution in [0.3, 0.4) is 0 Å². The van der Waals surface area contributed by atoms with E-state index in [1.165, 1.54) is 12.8 Å². The van der Waals surface area contributed by atoms with Gasteiger partial charge in [0.05, 0.1) is 24.1 Å². The first-order valence-corrected chi connectivity index (χ1v) is 8.97. The van der Waals surface area contributed by atoms with Gasteiger partial charge in [-0.3, -0.25) is 19.6 Å². The summed E-state index contributed by atoms with van der Waals surface area (Å²) in [5.41, 5.74) is 1.63. The van der Waals surface area contributed by atoms with Crippen LogP contribution in [0.4, 0.5) is 0 Å². The molecule has 0 unspecified atom stereocenters. The van der Waals surface area contributed by atoms with E-state index in [1.807, 2.05) is 11.8 Å². The molecule has 130 valence electrons. The number of piperidine rings is 1. The van der Waals surface area contributed by atoms with Gasteiger partial charge in [-0.1, -0.05) is 12.8 Å². The van der Waals surface area contributed by atoms with Crippen LogP contribution in [-0.4, -0.2) is 39.8 Å². The van der Waals surface area contributed by atoms with Gasteiger partial charge in [0.15, 0.2) is 0 Å². The first-order valence-electron chi connectivity index (χ1n) is 8.97. The van der Waals surface area contributed by atoms with Gasteiger partial charge in [-0.15, -0.1) is 0 Å². The lowest BCUT2D eigenvalue weighted by molar-refractivity contribution is -0.139. The summed E-state index contributed by atoms with van der Waals surface area (Å²) in [6.07, 6.45) is 9.34. The lowest BCUT2D eigenvalue weighted by Gasteiger charge is -2.33. The number of nitrogens with zero attached hydrogens (tertiary/aromatic N) is 3. The highest BCUT2D eigenvalue weighted by Crippen LogP contribution is 2.28. The molecule has 2 aliphatic rings. The number of nitrogens with one attached hydrogen (secondary N) is 1. The SMILES string of the molecule is Cc1cnc(CNC(=O)C2CCN(C(=O)C3CCCC3)CC2)cn1. The Kier molecular flexibility index (Phi) is 5.43. The Morgan fingerprint density at radius 1 is 1.08 bits per heavy atom. The van der Waals surface area contributed by atoms with Crippen molar-refractivity contribution in [1.29, 1.82) is 0 Å². The summed E-state index contributed by atoms with van der Waals surface area (Å²) in [5.74, 6) is 0.596. The molecule has 0 bridgehead atoms. The standard InChI is InChI=1S/C18H26N4O2/c1-13-10-20-16(11-19-13)12-21-17(23)14-6-8-22(9-7-14)18(24)15-4-2-3-5-15/h10-11,14-15H,2-9,12H2,1H3,(H,21,23). The fourth-order valence-corrected chi connectivity index (χ4v) is 3.63. The van der Waals surface area contributed by atoms with Gasteiger partial charge in [0.2, 0.25) is 11.8 Å². The molecule has 1 aliphatic carbocycles.